The van der Waals surface area contributed by atoms with Gasteiger partial charge in [-0.3, -0.25) is 0 Å². The second-order valence-electron chi connectivity index (χ2n) is 7.86. The van der Waals surface area contributed by atoms with Crippen LogP contribution >= 0.6 is 0 Å². The zero-order valence-corrected chi connectivity index (χ0v) is 19.3. The highest BCUT2D eigenvalue weighted by molar-refractivity contribution is 4.91. The molecule has 0 amide bonds. The lowest BCUT2D eigenvalue weighted by atomic mass is 9.98. The molecule has 0 aliphatic carbocycles. The third kappa shape index (κ3) is 10.6. The quantitative estimate of drug-likeness (QED) is 0.331. The standard InChI is InChI=1S/C23H46O6/c1-5-9-11-12-14-16-25-18-19-20(24)21(27-15-7-3)22(23(29-19)26-8-4)28-17-13-10-6-2/h19-24H,5-18H2,1-4H3/t19-,20-,21+,22-,23?/m1/s1. The molecule has 0 aromatic carbocycles. The van der Waals surface area contributed by atoms with E-state index in [1.54, 1.807) is 0 Å². The smallest absolute Gasteiger partial charge is 0.186 e. The van der Waals surface area contributed by atoms with Gasteiger partial charge >= 0.3 is 0 Å². The minimum absolute atomic E-state index is 0.340. The molecule has 5 atom stereocenters. The van der Waals surface area contributed by atoms with Gasteiger partial charge in [0.25, 0.3) is 0 Å². The van der Waals surface area contributed by atoms with E-state index < -0.39 is 30.7 Å². The van der Waals surface area contributed by atoms with E-state index in [2.05, 4.69) is 20.8 Å². The third-order valence-corrected chi connectivity index (χ3v) is 5.20. The van der Waals surface area contributed by atoms with E-state index in [-0.39, 0.29) is 0 Å². The van der Waals surface area contributed by atoms with Crippen molar-refractivity contribution in [3.8, 4) is 0 Å². The number of ether oxygens (including phenoxy) is 5. The molecule has 1 aliphatic rings. The SMILES string of the molecule is CCCCCCCOC[C@H]1OC(OCC)[C@H](OCCCCC)[C@@H](OCCC)[C@@H]1O. The minimum Gasteiger partial charge on any atom is -0.387 e. The van der Waals surface area contributed by atoms with Crippen molar-refractivity contribution in [1.82, 2.24) is 0 Å². The molecule has 1 heterocycles. The number of rotatable bonds is 18. The van der Waals surface area contributed by atoms with Crippen molar-refractivity contribution in [2.75, 3.05) is 33.0 Å². The normalized spacial score (nSPS) is 27.4. The van der Waals surface area contributed by atoms with Crippen LogP contribution in [0.3, 0.4) is 0 Å². The van der Waals surface area contributed by atoms with E-state index in [1.165, 1.54) is 25.7 Å². The zero-order valence-electron chi connectivity index (χ0n) is 19.3. The number of unbranched alkanes of at least 4 members (excludes halogenated alkanes) is 6. The Balaban J connectivity index is 2.61. The summed E-state index contributed by atoms with van der Waals surface area (Å²) in [5.74, 6) is 0. The van der Waals surface area contributed by atoms with Crippen LogP contribution in [-0.2, 0) is 23.7 Å². The lowest BCUT2D eigenvalue weighted by Crippen LogP contribution is -2.61. The second kappa shape index (κ2) is 17.4. The van der Waals surface area contributed by atoms with Crippen LogP contribution in [0.15, 0.2) is 0 Å². The molecule has 6 heteroatoms. The van der Waals surface area contributed by atoms with Crippen molar-refractivity contribution < 1.29 is 28.8 Å². The summed E-state index contributed by atoms with van der Waals surface area (Å²) in [6, 6.07) is 0. The minimum atomic E-state index is -0.797. The van der Waals surface area contributed by atoms with Gasteiger partial charge in [-0.05, 0) is 26.2 Å². The summed E-state index contributed by atoms with van der Waals surface area (Å²) in [4.78, 5) is 0. The second-order valence-corrected chi connectivity index (χ2v) is 7.86. The summed E-state index contributed by atoms with van der Waals surface area (Å²) >= 11 is 0. The van der Waals surface area contributed by atoms with E-state index in [0.29, 0.717) is 33.0 Å². The van der Waals surface area contributed by atoms with Crippen LogP contribution in [0.4, 0.5) is 0 Å². The Bertz CT molecular complexity index is 367. The van der Waals surface area contributed by atoms with Gasteiger partial charge in [-0.25, -0.2) is 0 Å². The van der Waals surface area contributed by atoms with E-state index in [4.69, 9.17) is 23.7 Å². The molecule has 0 aromatic heterocycles. The number of aliphatic hydroxyl groups is 1. The van der Waals surface area contributed by atoms with Crippen LogP contribution in [0.1, 0.15) is 85.5 Å². The van der Waals surface area contributed by atoms with Gasteiger partial charge < -0.3 is 28.8 Å². The highest BCUT2D eigenvalue weighted by atomic mass is 16.7. The largest absolute Gasteiger partial charge is 0.387 e. The third-order valence-electron chi connectivity index (χ3n) is 5.20. The molecule has 0 aromatic rings. The summed E-state index contributed by atoms with van der Waals surface area (Å²) in [7, 11) is 0. The molecule has 1 saturated heterocycles. The highest BCUT2D eigenvalue weighted by Gasteiger charge is 2.47. The molecule has 1 unspecified atom stereocenters. The Labute approximate surface area is 178 Å². The van der Waals surface area contributed by atoms with Crippen molar-refractivity contribution in [2.45, 2.75) is 116 Å². The predicted molar refractivity (Wildman–Crippen MR) is 115 cm³/mol. The molecule has 174 valence electrons. The fraction of sp³-hybridized carbons (Fsp3) is 1.00. The summed E-state index contributed by atoms with van der Waals surface area (Å²) in [5.41, 5.74) is 0. The first-order chi connectivity index (χ1) is 14.2. The monoisotopic (exact) mass is 418 g/mol. The van der Waals surface area contributed by atoms with Gasteiger partial charge in [0.15, 0.2) is 6.29 Å². The Morgan fingerprint density at radius 2 is 1.34 bits per heavy atom. The summed E-state index contributed by atoms with van der Waals surface area (Å²) in [6.45, 7) is 11.1. The summed E-state index contributed by atoms with van der Waals surface area (Å²) in [6.07, 6.45) is 7.37. The van der Waals surface area contributed by atoms with Crippen LogP contribution in [0.5, 0.6) is 0 Å². The first kappa shape index (κ1) is 26.8. The van der Waals surface area contributed by atoms with Crippen LogP contribution in [0.25, 0.3) is 0 Å². The van der Waals surface area contributed by atoms with Crippen molar-refractivity contribution in [1.29, 1.82) is 0 Å². The van der Waals surface area contributed by atoms with Gasteiger partial charge in [-0.2, -0.15) is 0 Å². The Kier molecular flexibility index (Phi) is 16.1. The number of hydrogen-bond donors (Lipinski definition) is 1. The van der Waals surface area contributed by atoms with Gasteiger partial charge in [0, 0.05) is 26.4 Å². The van der Waals surface area contributed by atoms with Crippen LogP contribution in [-0.4, -0.2) is 68.8 Å². The van der Waals surface area contributed by atoms with Crippen LogP contribution < -0.4 is 0 Å². The van der Waals surface area contributed by atoms with Gasteiger partial charge in [-0.15, -0.1) is 0 Å². The first-order valence-corrected chi connectivity index (χ1v) is 12.0. The van der Waals surface area contributed by atoms with Crippen molar-refractivity contribution in [3.05, 3.63) is 0 Å². The lowest BCUT2D eigenvalue weighted by molar-refractivity contribution is -0.316. The number of aliphatic hydroxyl groups excluding tert-OH is 1. The maximum absolute atomic E-state index is 10.9. The van der Waals surface area contributed by atoms with Gasteiger partial charge in [0.1, 0.15) is 24.4 Å². The molecule has 6 nitrogen and oxygen atoms in total. The van der Waals surface area contributed by atoms with E-state index in [1.807, 2.05) is 6.92 Å². The van der Waals surface area contributed by atoms with Crippen molar-refractivity contribution in [3.63, 3.8) is 0 Å². The maximum atomic E-state index is 10.9. The molecule has 1 aliphatic heterocycles. The Hall–Kier alpha value is -0.240. The van der Waals surface area contributed by atoms with E-state index >= 15 is 0 Å². The summed E-state index contributed by atoms with van der Waals surface area (Å²) < 4.78 is 29.8. The average Bonchev–Trinajstić information content (AvgIpc) is 2.72. The van der Waals surface area contributed by atoms with E-state index in [9.17, 15) is 5.11 Å². The molecule has 1 rings (SSSR count). The molecule has 1 fully saturated rings. The fourth-order valence-electron chi connectivity index (χ4n) is 3.53. The van der Waals surface area contributed by atoms with Gasteiger partial charge in [0.05, 0.1) is 6.61 Å². The molecule has 0 radical (unpaired) electrons. The summed E-state index contributed by atoms with van der Waals surface area (Å²) in [5, 5.41) is 10.9. The fourth-order valence-corrected chi connectivity index (χ4v) is 3.53. The van der Waals surface area contributed by atoms with Gasteiger partial charge in [0.2, 0.25) is 0 Å². The van der Waals surface area contributed by atoms with Gasteiger partial charge in [-0.1, -0.05) is 59.3 Å². The Morgan fingerprint density at radius 3 is 2.03 bits per heavy atom. The molecular weight excluding hydrogens is 372 g/mol. The zero-order chi connectivity index (χ0) is 21.3. The molecule has 0 saturated carbocycles. The van der Waals surface area contributed by atoms with Crippen LogP contribution in [0, 0.1) is 0 Å². The highest BCUT2D eigenvalue weighted by Crippen LogP contribution is 2.27. The molecule has 29 heavy (non-hydrogen) atoms. The Morgan fingerprint density at radius 1 is 0.690 bits per heavy atom. The maximum Gasteiger partial charge on any atom is 0.186 e. The molecule has 1 N–H and O–H groups in total. The van der Waals surface area contributed by atoms with Crippen LogP contribution in [0.2, 0.25) is 0 Å². The average molecular weight is 419 g/mol. The predicted octanol–water partition coefficient (Wildman–Crippen LogP) is 4.47. The first-order valence-electron chi connectivity index (χ1n) is 12.0. The lowest BCUT2D eigenvalue weighted by Gasteiger charge is -2.44. The number of hydrogen-bond acceptors (Lipinski definition) is 6. The molecular formula is C23H46O6. The van der Waals surface area contributed by atoms with Crippen molar-refractivity contribution in [2.24, 2.45) is 0 Å². The molecule has 0 spiro atoms. The topological polar surface area (TPSA) is 66.4 Å². The van der Waals surface area contributed by atoms with E-state index in [0.717, 1.165) is 32.1 Å². The molecule has 0 bridgehead atoms. The van der Waals surface area contributed by atoms with Crippen molar-refractivity contribution >= 4 is 0 Å².